The van der Waals surface area contributed by atoms with Crippen LogP contribution in [0.3, 0.4) is 0 Å². The Kier molecular flexibility index (Phi) is 3.54. The van der Waals surface area contributed by atoms with Crippen molar-refractivity contribution in [2.24, 2.45) is 11.8 Å². The Morgan fingerprint density at radius 3 is 2.22 bits per heavy atom. The molecule has 5 heteroatoms. The lowest BCUT2D eigenvalue weighted by Gasteiger charge is -2.40. The summed E-state index contributed by atoms with van der Waals surface area (Å²) in [6.07, 6.45) is 1.63. The number of ether oxygens (including phenoxy) is 1. The second-order valence-electron chi connectivity index (χ2n) is 8.01. The van der Waals surface area contributed by atoms with Gasteiger partial charge in [0.15, 0.2) is 0 Å². The first-order valence-corrected chi connectivity index (χ1v) is 9.43. The largest absolute Gasteiger partial charge is 0.481 e. The van der Waals surface area contributed by atoms with Gasteiger partial charge in [0, 0.05) is 5.92 Å². The summed E-state index contributed by atoms with van der Waals surface area (Å²) in [5.74, 6) is -0.898. The highest BCUT2D eigenvalue weighted by molar-refractivity contribution is 5.79. The third-order valence-electron chi connectivity index (χ3n) is 6.53. The average Bonchev–Trinajstić information content (AvgIpc) is 3.27. The quantitative estimate of drug-likeness (QED) is 0.867. The second kappa shape index (κ2) is 5.84. The lowest BCUT2D eigenvalue weighted by molar-refractivity contribution is -0.143. The lowest BCUT2D eigenvalue weighted by atomic mass is 9.74. The maximum Gasteiger partial charge on any atom is 0.407 e. The summed E-state index contributed by atoms with van der Waals surface area (Å²) in [4.78, 5) is 23.9. The van der Waals surface area contributed by atoms with Crippen LogP contribution in [0.15, 0.2) is 48.5 Å². The van der Waals surface area contributed by atoms with Crippen LogP contribution in [0.1, 0.15) is 36.3 Å². The van der Waals surface area contributed by atoms with E-state index in [4.69, 9.17) is 4.74 Å². The molecule has 6 rings (SSSR count). The lowest BCUT2D eigenvalue weighted by Crippen LogP contribution is -2.57. The van der Waals surface area contributed by atoms with Crippen LogP contribution in [0.25, 0.3) is 11.1 Å². The molecule has 0 saturated heterocycles. The van der Waals surface area contributed by atoms with Gasteiger partial charge in [-0.15, -0.1) is 0 Å². The molecule has 4 aliphatic carbocycles. The number of fused-ring (bicyclic) bond motifs is 4. The van der Waals surface area contributed by atoms with Crippen molar-refractivity contribution in [1.82, 2.24) is 5.32 Å². The molecular weight excluding hydrogens is 342 g/mol. The van der Waals surface area contributed by atoms with Gasteiger partial charge in [-0.2, -0.15) is 0 Å². The molecule has 0 heterocycles. The number of alkyl carbamates (subject to hydrolysis) is 1. The van der Waals surface area contributed by atoms with Crippen molar-refractivity contribution in [2.45, 2.75) is 30.7 Å². The predicted molar refractivity (Wildman–Crippen MR) is 99.4 cm³/mol. The minimum atomic E-state index is -0.825. The molecule has 0 aromatic heterocycles. The predicted octanol–water partition coefficient (Wildman–Crippen LogP) is 3.78. The molecule has 1 unspecified atom stereocenters. The van der Waals surface area contributed by atoms with Gasteiger partial charge in [-0.3, -0.25) is 4.79 Å². The molecule has 5 nitrogen and oxygen atoms in total. The Bertz CT molecular complexity index is 886. The van der Waals surface area contributed by atoms with Gasteiger partial charge in [0.2, 0.25) is 0 Å². The first-order chi connectivity index (χ1) is 13.1. The number of carbonyl (C=O) groups is 2. The summed E-state index contributed by atoms with van der Waals surface area (Å²) < 4.78 is 5.58. The van der Waals surface area contributed by atoms with E-state index < -0.39 is 23.5 Å². The molecule has 0 spiro atoms. The molecule has 4 aliphatic rings. The minimum Gasteiger partial charge on any atom is -0.481 e. The Balaban J connectivity index is 1.31. The van der Waals surface area contributed by atoms with Gasteiger partial charge in [-0.1, -0.05) is 48.5 Å². The molecule has 3 saturated carbocycles. The summed E-state index contributed by atoms with van der Waals surface area (Å²) >= 11 is 0. The molecule has 2 aromatic rings. The summed E-state index contributed by atoms with van der Waals surface area (Å²) in [5, 5.41) is 12.3. The highest BCUT2D eigenvalue weighted by Gasteiger charge is 2.61. The van der Waals surface area contributed by atoms with Gasteiger partial charge >= 0.3 is 12.1 Å². The molecule has 2 bridgehead atoms. The zero-order valence-corrected chi connectivity index (χ0v) is 14.9. The standard InChI is InChI=1S/C22H21NO4/c24-20(25)19-9-13-10-22(19,11-13)23-21(26)27-12-18-16-7-3-1-5-14(16)15-6-2-4-8-17(15)18/h1-8,13,18-19H,9-12H2,(H,23,26)(H,24,25). The number of hydrogen-bond donors (Lipinski definition) is 2. The molecule has 2 N–H and O–H groups in total. The smallest absolute Gasteiger partial charge is 0.407 e. The van der Waals surface area contributed by atoms with E-state index in [-0.39, 0.29) is 12.5 Å². The molecule has 27 heavy (non-hydrogen) atoms. The van der Waals surface area contributed by atoms with Crippen molar-refractivity contribution in [3.05, 3.63) is 59.7 Å². The molecule has 3 fully saturated rings. The van der Waals surface area contributed by atoms with E-state index in [9.17, 15) is 14.7 Å². The number of carboxylic acids is 1. The number of nitrogens with one attached hydrogen (secondary N) is 1. The zero-order valence-electron chi connectivity index (χ0n) is 14.9. The highest BCUT2D eigenvalue weighted by Crippen LogP contribution is 2.55. The van der Waals surface area contributed by atoms with E-state index in [1.807, 2.05) is 24.3 Å². The number of rotatable bonds is 4. The Morgan fingerprint density at radius 2 is 1.63 bits per heavy atom. The monoisotopic (exact) mass is 363 g/mol. The van der Waals surface area contributed by atoms with E-state index in [2.05, 4.69) is 29.6 Å². The fraction of sp³-hybridized carbons (Fsp3) is 0.364. The first kappa shape index (κ1) is 16.4. The van der Waals surface area contributed by atoms with Crippen molar-refractivity contribution < 1.29 is 19.4 Å². The van der Waals surface area contributed by atoms with Crippen LogP contribution in [0, 0.1) is 11.8 Å². The van der Waals surface area contributed by atoms with Crippen LogP contribution in [0.5, 0.6) is 0 Å². The summed E-state index contributed by atoms with van der Waals surface area (Å²) in [6, 6.07) is 16.4. The van der Waals surface area contributed by atoms with E-state index in [1.54, 1.807) is 0 Å². The number of amides is 1. The van der Waals surface area contributed by atoms with Crippen LogP contribution < -0.4 is 5.32 Å². The second-order valence-corrected chi connectivity index (χ2v) is 8.01. The topological polar surface area (TPSA) is 75.6 Å². The Morgan fingerprint density at radius 1 is 1.04 bits per heavy atom. The normalized spacial score (nSPS) is 27.4. The van der Waals surface area contributed by atoms with Gasteiger partial charge in [-0.05, 0) is 47.4 Å². The fourth-order valence-corrected chi connectivity index (χ4v) is 5.34. The van der Waals surface area contributed by atoms with Crippen LogP contribution in [0.4, 0.5) is 4.79 Å². The van der Waals surface area contributed by atoms with E-state index in [0.717, 1.165) is 24.0 Å². The van der Waals surface area contributed by atoms with Gasteiger partial charge in [-0.25, -0.2) is 4.79 Å². The molecule has 0 radical (unpaired) electrons. The van der Waals surface area contributed by atoms with Crippen molar-refractivity contribution in [2.75, 3.05) is 6.61 Å². The third kappa shape index (κ3) is 2.45. The van der Waals surface area contributed by atoms with E-state index in [1.165, 1.54) is 11.1 Å². The maximum atomic E-state index is 12.5. The number of hydrogen-bond acceptors (Lipinski definition) is 3. The van der Waals surface area contributed by atoms with Crippen LogP contribution in [0.2, 0.25) is 0 Å². The summed E-state index contributed by atoms with van der Waals surface area (Å²) in [6.45, 7) is 0.247. The van der Waals surface area contributed by atoms with Crippen LogP contribution in [-0.2, 0) is 9.53 Å². The Hall–Kier alpha value is -2.82. The molecule has 0 aliphatic heterocycles. The number of carboxylic acid groups (broad SMARTS) is 1. The van der Waals surface area contributed by atoms with E-state index >= 15 is 0 Å². The molecule has 138 valence electrons. The maximum absolute atomic E-state index is 12.5. The van der Waals surface area contributed by atoms with Gasteiger partial charge in [0.05, 0.1) is 11.5 Å². The van der Waals surface area contributed by atoms with Gasteiger partial charge in [0.1, 0.15) is 6.61 Å². The number of aliphatic carboxylic acids is 1. The average molecular weight is 363 g/mol. The molecule has 1 atom stereocenters. The third-order valence-corrected chi connectivity index (χ3v) is 6.53. The molecule has 1 amide bonds. The van der Waals surface area contributed by atoms with E-state index in [0.29, 0.717) is 12.3 Å². The number of benzene rings is 2. The fourth-order valence-electron chi connectivity index (χ4n) is 5.34. The molecule has 2 aromatic carbocycles. The van der Waals surface area contributed by atoms with Crippen molar-refractivity contribution in [3.8, 4) is 11.1 Å². The van der Waals surface area contributed by atoms with Crippen molar-refractivity contribution in [3.63, 3.8) is 0 Å². The highest BCUT2D eigenvalue weighted by atomic mass is 16.5. The first-order valence-electron chi connectivity index (χ1n) is 9.43. The minimum absolute atomic E-state index is 0.00800. The zero-order chi connectivity index (χ0) is 18.6. The number of carbonyl (C=O) groups excluding carboxylic acids is 1. The van der Waals surface area contributed by atoms with Gasteiger partial charge < -0.3 is 15.2 Å². The summed E-state index contributed by atoms with van der Waals surface area (Å²) in [7, 11) is 0. The SMILES string of the molecule is O=C(NC12CC(CC1C(=O)O)C2)OCC1c2ccccc2-c2ccccc21. The van der Waals surface area contributed by atoms with Gasteiger partial charge in [0.25, 0.3) is 0 Å². The Labute approximate surface area is 157 Å². The molecular formula is C22H21NO4. The summed E-state index contributed by atoms with van der Waals surface area (Å²) in [5.41, 5.74) is 4.09. The van der Waals surface area contributed by atoms with Crippen LogP contribution in [-0.4, -0.2) is 29.3 Å². The van der Waals surface area contributed by atoms with Crippen molar-refractivity contribution >= 4 is 12.1 Å². The van der Waals surface area contributed by atoms with Crippen LogP contribution >= 0.6 is 0 Å². The van der Waals surface area contributed by atoms with Crippen molar-refractivity contribution in [1.29, 1.82) is 0 Å².